The molecule has 3 heteroatoms. The summed E-state index contributed by atoms with van der Waals surface area (Å²) < 4.78 is 10.9. The summed E-state index contributed by atoms with van der Waals surface area (Å²) >= 11 is 0. The van der Waals surface area contributed by atoms with Gasteiger partial charge >= 0.3 is 5.97 Å². The Hall–Kier alpha value is -0.570. The smallest absolute Gasteiger partial charge is 0.305 e. The molecule has 0 radical (unpaired) electrons. The van der Waals surface area contributed by atoms with Crippen molar-refractivity contribution < 1.29 is 14.3 Å². The van der Waals surface area contributed by atoms with E-state index >= 15 is 0 Å². The van der Waals surface area contributed by atoms with Gasteiger partial charge in [0.25, 0.3) is 0 Å². The van der Waals surface area contributed by atoms with Crippen LogP contribution in [0.2, 0.25) is 0 Å². The van der Waals surface area contributed by atoms with Gasteiger partial charge in [0.05, 0.1) is 6.61 Å². The van der Waals surface area contributed by atoms with E-state index in [1.807, 2.05) is 0 Å². The molecule has 0 amide bonds. The Labute approximate surface area is 201 Å². The summed E-state index contributed by atoms with van der Waals surface area (Å²) in [6.45, 7) is 6.27. The molecule has 192 valence electrons. The number of hydrogen-bond acceptors (Lipinski definition) is 3. The molecule has 0 aliphatic carbocycles. The van der Waals surface area contributed by atoms with E-state index in [4.69, 9.17) is 9.47 Å². The van der Waals surface area contributed by atoms with Gasteiger partial charge in [0.2, 0.25) is 0 Å². The molecule has 0 saturated carbocycles. The van der Waals surface area contributed by atoms with Gasteiger partial charge in [0.1, 0.15) is 6.61 Å². The van der Waals surface area contributed by atoms with Crippen molar-refractivity contribution in [3.8, 4) is 0 Å². The van der Waals surface area contributed by atoms with Crippen LogP contribution in [0.4, 0.5) is 0 Å². The standard InChI is InChI=1S/C29H58O3/c1-3-5-7-9-11-12-13-14-15-16-17-18-20-22-24-26-31-27-28-32-29(30)25-23-21-19-10-8-6-4-2/h3-28H2,1-2H3. The Bertz CT molecular complexity index is 356. The number of carbonyl (C=O) groups excluding carboxylic acids is 1. The second-order valence-corrected chi connectivity index (χ2v) is 9.65. The van der Waals surface area contributed by atoms with Crippen LogP contribution in [-0.2, 0) is 14.3 Å². The largest absolute Gasteiger partial charge is 0.463 e. The minimum atomic E-state index is -0.0610. The monoisotopic (exact) mass is 454 g/mol. The zero-order chi connectivity index (χ0) is 23.4. The van der Waals surface area contributed by atoms with E-state index in [9.17, 15) is 4.79 Å². The van der Waals surface area contributed by atoms with Crippen LogP contribution in [0.5, 0.6) is 0 Å². The van der Waals surface area contributed by atoms with Crippen LogP contribution in [0, 0.1) is 0 Å². The summed E-state index contributed by atoms with van der Waals surface area (Å²) in [5.41, 5.74) is 0. The summed E-state index contributed by atoms with van der Waals surface area (Å²) in [7, 11) is 0. The van der Waals surface area contributed by atoms with E-state index in [1.165, 1.54) is 122 Å². The molecule has 32 heavy (non-hydrogen) atoms. The van der Waals surface area contributed by atoms with Crippen molar-refractivity contribution in [2.24, 2.45) is 0 Å². The van der Waals surface area contributed by atoms with E-state index in [0.29, 0.717) is 19.6 Å². The predicted octanol–water partition coefficient (Wildman–Crippen LogP) is 9.56. The fourth-order valence-electron chi connectivity index (χ4n) is 4.19. The molecule has 0 spiro atoms. The second-order valence-electron chi connectivity index (χ2n) is 9.65. The summed E-state index contributed by atoms with van der Waals surface area (Å²) in [4.78, 5) is 11.7. The molecule has 0 fully saturated rings. The van der Waals surface area contributed by atoms with Crippen molar-refractivity contribution in [1.29, 1.82) is 0 Å². The Kier molecular flexibility index (Phi) is 28.0. The number of rotatable bonds is 27. The maximum atomic E-state index is 11.7. The van der Waals surface area contributed by atoms with Gasteiger partial charge in [-0.1, -0.05) is 142 Å². The molecule has 0 atom stereocenters. The van der Waals surface area contributed by atoms with Gasteiger partial charge in [-0.25, -0.2) is 0 Å². The Balaban J connectivity index is 3.10. The molecule has 0 rings (SSSR count). The number of hydrogen-bond donors (Lipinski definition) is 0. The molecule has 0 aromatic rings. The highest BCUT2D eigenvalue weighted by Gasteiger charge is 2.02. The Morgan fingerprint density at radius 3 is 1.25 bits per heavy atom. The van der Waals surface area contributed by atoms with Gasteiger partial charge in [-0.05, 0) is 12.8 Å². The van der Waals surface area contributed by atoms with Crippen molar-refractivity contribution >= 4 is 5.97 Å². The average Bonchev–Trinajstić information content (AvgIpc) is 2.80. The third-order valence-electron chi connectivity index (χ3n) is 6.37. The minimum absolute atomic E-state index is 0.0610. The lowest BCUT2D eigenvalue weighted by atomic mass is 10.0. The SMILES string of the molecule is CCCCCCCCCCCCCCCCCOCCOC(=O)CCCCCCCCC. The molecule has 0 saturated heterocycles. The molecule has 0 bridgehead atoms. The van der Waals surface area contributed by atoms with Gasteiger partial charge in [-0.2, -0.15) is 0 Å². The zero-order valence-corrected chi connectivity index (χ0v) is 22.1. The first-order chi connectivity index (χ1) is 15.8. The number of unbranched alkanes of at least 4 members (excludes halogenated alkanes) is 20. The van der Waals surface area contributed by atoms with Crippen LogP contribution >= 0.6 is 0 Å². The van der Waals surface area contributed by atoms with Crippen LogP contribution in [0.25, 0.3) is 0 Å². The first-order valence-electron chi connectivity index (χ1n) is 14.5. The molecule has 0 aromatic heterocycles. The minimum Gasteiger partial charge on any atom is -0.463 e. The highest BCUT2D eigenvalue weighted by Crippen LogP contribution is 2.13. The maximum absolute atomic E-state index is 11.7. The molecule has 3 nitrogen and oxygen atoms in total. The van der Waals surface area contributed by atoms with Crippen LogP contribution in [0.15, 0.2) is 0 Å². The van der Waals surface area contributed by atoms with Crippen molar-refractivity contribution in [2.45, 2.75) is 162 Å². The lowest BCUT2D eigenvalue weighted by Crippen LogP contribution is -2.10. The summed E-state index contributed by atoms with van der Waals surface area (Å²) in [5.74, 6) is -0.0610. The van der Waals surface area contributed by atoms with Crippen molar-refractivity contribution in [1.82, 2.24) is 0 Å². The summed E-state index contributed by atoms with van der Waals surface area (Å²) in [6, 6.07) is 0. The molecular weight excluding hydrogens is 396 g/mol. The fourth-order valence-corrected chi connectivity index (χ4v) is 4.19. The molecule has 0 heterocycles. The van der Waals surface area contributed by atoms with Crippen molar-refractivity contribution in [2.75, 3.05) is 19.8 Å². The second kappa shape index (κ2) is 28.5. The van der Waals surface area contributed by atoms with Crippen LogP contribution < -0.4 is 0 Å². The highest BCUT2D eigenvalue weighted by molar-refractivity contribution is 5.69. The number of esters is 1. The number of carbonyl (C=O) groups is 1. The molecule has 0 aliphatic rings. The Morgan fingerprint density at radius 1 is 0.438 bits per heavy atom. The predicted molar refractivity (Wildman–Crippen MR) is 139 cm³/mol. The first kappa shape index (κ1) is 31.4. The molecule has 0 unspecified atom stereocenters. The lowest BCUT2D eigenvalue weighted by molar-refractivity contribution is -0.145. The fraction of sp³-hybridized carbons (Fsp3) is 0.966. The molecule has 0 aliphatic heterocycles. The summed E-state index contributed by atoms with van der Waals surface area (Å²) in [5, 5.41) is 0. The number of ether oxygens (including phenoxy) is 2. The molecule has 0 N–H and O–H groups in total. The topological polar surface area (TPSA) is 35.5 Å². The molecule has 0 aromatic carbocycles. The van der Waals surface area contributed by atoms with Gasteiger partial charge in [0, 0.05) is 13.0 Å². The summed E-state index contributed by atoms with van der Waals surface area (Å²) in [6.07, 6.45) is 29.9. The lowest BCUT2D eigenvalue weighted by Gasteiger charge is -2.07. The highest BCUT2D eigenvalue weighted by atomic mass is 16.6. The van der Waals surface area contributed by atoms with Crippen LogP contribution in [-0.4, -0.2) is 25.8 Å². The van der Waals surface area contributed by atoms with Crippen molar-refractivity contribution in [3.63, 3.8) is 0 Å². The van der Waals surface area contributed by atoms with Crippen LogP contribution in [0.3, 0.4) is 0 Å². The maximum Gasteiger partial charge on any atom is 0.305 e. The first-order valence-corrected chi connectivity index (χ1v) is 14.5. The van der Waals surface area contributed by atoms with Gasteiger partial charge in [-0.3, -0.25) is 4.79 Å². The van der Waals surface area contributed by atoms with E-state index in [0.717, 1.165) is 25.9 Å². The van der Waals surface area contributed by atoms with E-state index in [2.05, 4.69) is 13.8 Å². The van der Waals surface area contributed by atoms with Crippen LogP contribution in [0.1, 0.15) is 162 Å². The van der Waals surface area contributed by atoms with Gasteiger partial charge in [0.15, 0.2) is 0 Å². The zero-order valence-electron chi connectivity index (χ0n) is 22.1. The average molecular weight is 455 g/mol. The molecular formula is C29H58O3. The third-order valence-corrected chi connectivity index (χ3v) is 6.37. The van der Waals surface area contributed by atoms with E-state index < -0.39 is 0 Å². The van der Waals surface area contributed by atoms with Gasteiger partial charge < -0.3 is 9.47 Å². The third kappa shape index (κ3) is 27.5. The van der Waals surface area contributed by atoms with E-state index in [1.54, 1.807) is 0 Å². The quantitative estimate of drug-likeness (QED) is 0.0915. The van der Waals surface area contributed by atoms with E-state index in [-0.39, 0.29) is 5.97 Å². The van der Waals surface area contributed by atoms with Crippen molar-refractivity contribution in [3.05, 3.63) is 0 Å². The normalized spacial score (nSPS) is 11.2. The van der Waals surface area contributed by atoms with Gasteiger partial charge in [-0.15, -0.1) is 0 Å². The Morgan fingerprint density at radius 2 is 0.812 bits per heavy atom.